The van der Waals surface area contributed by atoms with Crippen LogP contribution in [0.1, 0.15) is 37.0 Å². The fourth-order valence-corrected chi connectivity index (χ4v) is 2.37. The van der Waals surface area contributed by atoms with Crippen molar-refractivity contribution in [3.05, 3.63) is 46.1 Å². The molecule has 108 valence electrons. The molecule has 0 radical (unpaired) electrons. The summed E-state index contributed by atoms with van der Waals surface area (Å²) < 4.78 is 5.42. The highest BCUT2D eigenvalue weighted by molar-refractivity contribution is 9.11. The van der Waals surface area contributed by atoms with E-state index in [1.807, 2.05) is 13.8 Å². The summed E-state index contributed by atoms with van der Waals surface area (Å²) in [5.41, 5.74) is -0.0762. The molecule has 5 heteroatoms. The molecule has 1 unspecified atom stereocenters. The van der Waals surface area contributed by atoms with Crippen LogP contribution in [0.15, 0.2) is 40.6 Å². The summed E-state index contributed by atoms with van der Waals surface area (Å²) in [5.74, 6) is -1.89. The fourth-order valence-electron chi connectivity index (χ4n) is 1.71. The van der Waals surface area contributed by atoms with E-state index in [0.29, 0.717) is 5.56 Å². The maximum absolute atomic E-state index is 12.2. The number of rotatable bonds is 7. The van der Waals surface area contributed by atoms with Gasteiger partial charge in [0.2, 0.25) is 5.78 Å². The van der Waals surface area contributed by atoms with Crippen LogP contribution in [0.3, 0.4) is 0 Å². The molecule has 0 saturated heterocycles. The zero-order chi connectivity index (χ0) is 15.1. The van der Waals surface area contributed by atoms with Crippen molar-refractivity contribution < 1.29 is 19.4 Å². The van der Waals surface area contributed by atoms with Crippen LogP contribution in [0.25, 0.3) is 0 Å². The first kappa shape index (κ1) is 16.4. The lowest BCUT2D eigenvalue weighted by Gasteiger charge is -2.14. The van der Waals surface area contributed by atoms with Crippen molar-refractivity contribution in [1.82, 2.24) is 0 Å². The Morgan fingerprint density at radius 2 is 1.90 bits per heavy atom. The molecular formula is C15H17BrO4. The van der Waals surface area contributed by atoms with E-state index in [1.54, 1.807) is 30.3 Å². The smallest absolute Gasteiger partial charge is 0.344 e. The lowest BCUT2D eigenvalue weighted by Crippen LogP contribution is -2.17. The normalized spacial score (nSPS) is 13.3. The third-order valence-corrected chi connectivity index (χ3v) is 3.26. The van der Waals surface area contributed by atoms with E-state index in [1.165, 1.54) is 0 Å². The lowest BCUT2D eigenvalue weighted by atomic mass is 10.0. The highest BCUT2D eigenvalue weighted by atomic mass is 79.9. The fraction of sp³-hybridized carbons (Fsp3) is 0.333. The zero-order valence-corrected chi connectivity index (χ0v) is 13.0. The molecule has 0 amide bonds. The van der Waals surface area contributed by atoms with Crippen molar-refractivity contribution in [1.29, 1.82) is 0 Å². The molecule has 20 heavy (non-hydrogen) atoms. The Bertz CT molecular complexity index is 508. The number of Topliss-reactive ketones (excluding diaryl/α,β-unsaturated/α-hetero) is 1. The van der Waals surface area contributed by atoms with Crippen LogP contribution in [0, 0.1) is 0 Å². The molecule has 0 aliphatic rings. The number of carbonyl (C=O) groups is 2. The van der Waals surface area contributed by atoms with Crippen LogP contribution in [0.5, 0.6) is 0 Å². The Morgan fingerprint density at radius 1 is 1.30 bits per heavy atom. The summed E-state index contributed by atoms with van der Waals surface area (Å²) in [6.07, 6.45) is 1.53. The number of aliphatic carboxylic acids is 1. The number of carboxylic acid groups (broad SMARTS) is 1. The van der Waals surface area contributed by atoms with Crippen LogP contribution >= 0.6 is 15.9 Å². The van der Waals surface area contributed by atoms with Gasteiger partial charge in [0.25, 0.3) is 0 Å². The van der Waals surface area contributed by atoms with Crippen LogP contribution in [-0.2, 0) is 9.53 Å². The highest BCUT2D eigenvalue weighted by Crippen LogP contribution is 2.21. The van der Waals surface area contributed by atoms with Gasteiger partial charge in [0.1, 0.15) is 0 Å². The number of carboxylic acids is 1. The number of carbonyl (C=O) groups excluding carboxylic acids is 1. The summed E-state index contributed by atoms with van der Waals surface area (Å²) in [4.78, 5) is 23.5. The van der Waals surface area contributed by atoms with Crippen molar-refractivity contribution in [2.75, 3.05) is 0 Å². The molecule has 0 fully saturated rings. The molecule has 1 aromatic rings. The van der Waals surface area contributed by atoms with Gasteiger partial charge in [0.15, 0.2) is 10.2 Å². The first-order chi connectivity index (χ1) is 9.47. The van der Waals surface area contributed by atoms with Gasteiger partial charge in [0.05, 0.1) is 6.10 Å². The molecule has 0 heterocycles. The summed E-state index contributed by atoms with van der Waals surface area (Å²) >= 11 is 3.07. The van der Waals surface area contributed by atoms with Gasteiger partial charge in [-0.2, -0.15) is 0 Å². The number of hydrogen-bond acceptors (Lipinski definition) is 3. The van der Waals surface area contributed by atoms with Crippen LogP contribution in [0.4, 0.5) is 0 Å². The highest BCUT2D eigenvalue weighted by Gasteiger charge is 2.25. The molecule has 4 nitrogen and oxygen atoms in total. The Hall–Kier alpha value is -1.62. The summed E-state index contributed by atoms with van der Waals surface area (Å²) in [5, 5.41) is 9.23. The molecule has 0 aliphatic carbocycles. The molecule has 0 aromatic heterocycles. The van der Waals surface area contributed by atoms with Gasteiger partial charge in [-0.1, -0.05) is 43.7 Å². The van der Waals surface area contributed by atoms with Crippen molar-refractivity contribution in [3.8, 4) is 0 Å². The van der Waals surface area contributed by atoms with E-state index in [2.05, 4.69) is 15.9 Å². The second kappa shape index (κ2) is 7.85. The average Bonchev–Trinajstić information content (AvgIpc) is 2.39. The summed E-state index contributed by atoms with van der Waals surface area (Å²) in [7, 11) is 0. The molecule has 0 spiro atoms. The molecule has 0 aliphatic heterocycles. The largest absolute Gasteiger partial charge is 0.483 e. The van der Waals surface area contributed by atoms with Crippen molar-refractivity contribution in [2.24, 2.45) is 0 Å². The second-order valence-electron chi connectivity index (χ2n) is 4.37. The number of ether oxygens (including phenoxy) is 1. The quantitative estimate of drug-likeness (QED) is 0.270. The van der Waals surface area contributed by atoms with E-state index >= 15 is 0 Å². The van der Waals surface area contributed by atoms with Gasteiger partial charge in [-0.15, -0.1) is 0 Å². The van der Waals surface area contributed by atoms with Gasteiger partial charge in [-0.3, -0.25) is 4.79 Å². The van der Waals surface area contributed by atoms with Gasteiger partial charge in [0, 0.05) is 5.56 Å². The SMILES string of the molecule is CCCC(C)OC(Br)=C(C(=O)O)C(=O)c1ccccc1. The first-order valence-corrected chi connectivity index (χ1v) is 7.16. The van der Waals surface area contributed by atoms with E-state index in [4.69, 9.17) is 4.74 Å². The molecule has 0 saturated carbocycles. The second-order valence-corrected chi connectivity index (χ2v) is 5.09. The van der Waals surface area contributed by atoms with Crippen molar-refractivity contribution in [2.45, 2.75) is 32.8 Å². The predicted molar refractivity (Wildman–Crippen MR) is 79.8 cm³/mol. The molecule has 1 N–H and O–H groups in total. The van der Waals surface area contributed by atoms with E-state index in [-0.39, 0.29) is 16.3 Å². The Morgan fingerprint density at radius 3 is 2.40 bits per heavy atom. The Kier molecular flexibility index (Phi) is 6.45. The predicted octanol–water partition coefficient (Wildman–Crippen LogP) is 3.77. The lowest BCUT2D eigenvalue weighted by molar-refractivity contribution is -0.132. The average molecular weight is 341 g/mol. The van der Waals surface area contributed by atoms with Crippen molar-refractivity contribution in [3.63, 3.8) is 0 Å². The number of ketones is 1. The van der Waals surface area contributed by atoms with Gasteiger partial charge < -0.3 is 9.84 Å². The molecular weight excluding hydrogens is 324 g/mol. The van der Waals surface area contributed by atoms with Crippen LogP contribution < -0.4 is 0 Å². The molecule has 1 rings (SSSR count). The van der Waals surface area contributed by atoms with E-state index in [9.17, 15) is 14.7 Å². The van der Waals surface area contributed by atoms with E-state index < -0.39 is 11.8 Å². The number of benzene rings is 1. The van der Waals surface area contributed by atoms with Gasteiger partial charge in [-0.25, -0.2) is 4.79 Å². The molecule has 1 aromatic carbocycles. The maximum Gasteiger partial charge on any atom is 0.344 e. The minimum absolute atomic E-state index is 0.0280. The maximum atomic E-state index is 12.2. The van der Waals surface area contributed by atoms with Crippen LogP contribution in [0.2, 0.25) is 0 Å². The summed E-state index contributed by atoms with van der Waals surface area (Å²) in [6, 6.07) is 8.26. The van der Waals surface area contributed by atoms with Crippen LogP contribution in [-0.4, -0.2) is 23.0 Å². The Balaban J connectivity index is 3.04. The first-order valence-electron chi connectivity index (χ1n) is 6.36. The molecule has 0 bridgehead atoms. The zero-order valence-electron chi connectivity index (χ0n) is 11.4. The molecule has 1 atom stereocenters. The minimum Gasteiger partial charge on any atom is -0.483 e. The monoisotopic (exact) mass is 340 g/mol. The van der Waals surface area contributed by atoms with Gasteiger partial charge in [-0.05, 0) is 29.3 Å². The number of hydrogen-bond donors (Lipinski definition) is 1. The third kappa shape index (κ3) is 4.49. The van der Waals surface area contributed by atoms with E-state index in [0.717, 1.165) is 12.8 Å². The summed E-state index contributed by atoms with van der Waals surface area (Å²) in [6.45, 7) is 3.84. The van der Waals surface area contributed by atoms with Gasteiger partial charge >= 0.3 is 5.97 Å². The van der Waals surface area contributed by atoms with Crippen molar-refractivity contribution >= 4 is 27.7 Å². The minimum atomic E-state index is -1.31. The standard InChI is InChI=1S/C15H17BrO4/c1-3-7-10(2)20-14(16)12(15(18)19)13(17)11-8-5-4-6-9-11/h4-6,8-10H,3,7H2,1-2H3,(H,18,19). The Labute approximate surface area is 126 Å². The number of halogens is 1. The third-order valence-electron chi connectivity index (χ3n) is 2.67. The topological polar surface area (TPSA) is 63.6 Å².